The number of hydrogen-bond acceptors (Lipinski definition) is 3. The Balaban J connectivity index is 1.77. The number of nitrogens with one attached hydrogen (secondary N) is 1. The quantitative estimate of drug-likeness (QED) is 0.786. The second-order valence-electron chi connectivity index (χ2n) is 6.56. The molecule has 0 aromatic heterocycles. The molecule has 1 N–H and O–H groups in total. The fourth-order valence-corrected chi connectivity index (χ4v) is 3.21. The van der Waals surface area contributed by atoms with E-state index in [0.717, 1.165) is 19.0 Å². The van der Waals surface area contributed by atoms with E-state index < -0.39 is 0 Å². The summed E-state index contributed by atoms with van der Waals surface area (Å²) < 4.78 is 0. The average molecular weight is 249 g/mol. The van der Waals surface area contributed by atoms with Gasteiger partial charge in [0.25, 0.3) is 0 Å². The van der Waals surface area contributed by atoms with Gasteiger partial charge in [-0.3, -0.25) is 5.32 Å². The van der Waals surface area contributed by atoms with Crippen molar-refractivity contribution >= 4 is 0 Å². The lowest BCUT2D eigenvalue weighted by molar-refractivity contribution is 0.200. The smallest absolute Gasteiger partial charge is 0.116 e. The van der Waals surface area contributed by atoms with Gasteiger partial charge in [-0.1, -0.05) is 19.3 Å². The van der Waals surface area contributed by atoms with Gasteiger partial charge in [0.2, 0.25) is 0 Å². The van der Waals surface area contributed by atoms with Crippen LogP contribution < -0.4 is 5.32 Å². The molecule has 3 heteroatoms. The van der Waals surface area contributed by atoms with Gasteiger partial charge in [-0.25, -0.2) is 0 Å². The summed E-state index contributed by atoms with van der Waals surface area (Å²) in [5.41, 5.74) is -0.370. The highest BCUT2D eigenvalue weighted by Gasteiger charge is 2.33. The third-order valence-corrected chi connectivity index (χ3v) is 4.23. The first-order valence-electron chi connectivity index (χ1n) is 7.49. The molecule has 0 aromatic rings. The maximum absolute atomic E-state index is 9.38. The largest absolute Gasteiger partial charge is 0.303 e. The predicted molar refractivity (Wildman–Crippen MR) is 74.2 cm³/mol. The van der Waals surface area contributed by atoms with Crippen LogP contribution in [0.1, 0.15) is 51.9 Å². The highest BCUT2D eigenvalue weighted by Crippen LogP contribution is 2.25. The van der Waals surface area contributed by atoms with Crippen molar-refractivity contribution in [2.75, 3.05) is 20.1 Å². The van der Waals surface area contributed by atoms with Crippen LogP contribution in [0, 0.1) is 17.2 Å². The third-order valence-electron chi connectivity index (χ3n) is 4.23. The third kappa shape index (κ3) is 4.26. The number of likely N-dealkylation sites (N-methyl/N-ethyl adjacent to an activating group) is 1. The summed E-state index contributed by atoms with van der Waals surface area (Å²) in [6.07, 6.45) is 9.45. The van der Waals surface area contributed by atoms with Gasteiger partial charge in [-0.2, -0.15) is 5.26 Å². The molecule has 0 aliphatic heterocycles. The van der Waals surface area contributed by atoms with Crippen molar-refractivity contribution in [3.05, 3.63) is 0 Å². The Morgan fingerprint density at radius 1 is 1.22 bits per heavy atom. The van der Waals surface area contributed by atoms with E-state index in [9.17, 15) is 5.26 Å². The Hall–Kier alpha value is -0.590. The van der Waals surface area contributed by atoms with E-state index in [-0.39, 0.29) is 5.54 Å². The molecular formula is C15H27N3. The summed E-state index contributed by atoms with van der Waals surface area (Å²) >= 11 is 0. The van der Waals surface area contributed by atoms with Gasteiger partial charge in [-0.05, 0) is 45.6 Å². The summed E-state index contributed by atoms with van der Waals surface area (Å²) in [4.78, 5) is 2.36. The first-order valence-corrected chi connectivity index (χ1v) is 7.49. The monoisotopic (exact) mass is 249 g/mol. The van der Waals surface area contributed by atoms with Crippen molar-refractivity contribution in [2.24, 2.45) is 5.92 Å². The lowest BCUT2D eigenvalue weighted by Gasteiger charge is -2.32. The fourth-order valence-electron chi connectivity index (χ4n) is 3.21. The molecule has 2 aliphatic rings. The van der Waals surface area contributed by atoms with Gasteiger partial charge in [0.1, 0.15) is 5.54 Å². The molecule has 102 valence electrons. The van der Waals surface area contributed by atoms with Crippen molar-refractivity contribution in [1.29, 1.82) is 5.26 Å². The maximum atomic E-state index is 9.38. The van der Waals surface area contributed by atoms with Crippen LogP contribution in [-0.2, 0) is 0 Å². The summed E-state index contributed by atoms with van der Waals surface area (Å²) in [5, 5.41) is 12.9. The van der Waals surface area contributed by atoms with E-state index in [1.165, 1.54) is 44.9 Å². The standard InChI is InChI=1S/C15H27N3/c1-15(11-16,17-14-8-9-14)12-18(2)10-13-6-4-3-5-7-13/h13-14,17H,3-10,12H2,1-2H3. The van der Waals surface area contributed by atoms with Gasteiger partial charge in [-0.15, -0.1) is 0 Å². The first kappa shape index (κ1) is 13.8. The maximum Gasteiger partial charge on any atom is 0.116 e. The van der Waals surface area contributed by atoms with E-state index in [1.54, 1.807) is 0 Å². The molecule has 0 saturated heterocycles. The number of nitrogens with zero attached hydrogens (tertiary/aromatic N) is 2. The molecule has 2 rings (SSSR count). The van der Waals surface area contributed by atoms with Crippen LogP contribution in [0.5, 0.6) is 0 Å². The van der Waals surface area contributed by atoms with E-state index in [0.29, 0.717) is 6.04 Å². The zero-order valence-corrected chi connectivity index (χ0v) is 11.9. The minimum atomic E-state index is -0.370. The second-order valence-corrected chi connectivity index (χ2v) is 6.56. The molecule has 18 heavy (non-hydrogen) atoms. The molecule has 0 bridgehead atoms. The van der Waals surface area contributed by atoms with Crippen LogP contribution in [-0.4, -0.2) is 36.6 Å². The fraction of sp³-hybridized carbons (Fsp3) is 0.933. The van der Waals surface area contributed by atoms with Gasteiger partial charge in [0.15, 0.2) is 0 Å². The zero-order chi connectivity index (χ0) is 13.0. The van der Waals surface area contributed by atoms with Crippen LogP contribution in [0.3, 0.4) is 0 Å². The predicted octanol–water partition coefficient (Wildman–Crippen LogP) is 2.53. The van der Waals surface area contributed by atoms with E-state index >= 15 is 0 Å². The van der Waals surface area contributed by atoms with Crippen LogP contribution in [0.4, 0.5) is 0 Å². The molecular weight excluding hydrogens is 222 g/mol. The van der Waals surface area contributed by atoms with Crippen molar-refractivity contribution in [1.82, 2.24) is 10.2 Å². The van der Waals surface area contributed by atoms with Crippen LogP contribution in [0.2, 0.25) is 0 Å². The van der Waals surface area contributed by atoms with Gasteiger partial charge in [0.05, 0.1) is 6.07 Å². The first-order chi connectivity index (χ1) is 8.61. The van der Waals surface area contributed by atoms with Crippen LogP contribution >= 0.6 is 0 Å². The molecule has 0 radical (unpaired) electrons. The lowest BCUT2D eigenvalue weighted by Crippen LogP contribution is -2.51. The Labute approximate surface area is 112 Å². The summed E-state index contributed by atoms with van der Waals surface area (Å²) in [7, 11) is 2.17. The SMILES string of the molecule is CN(CC1CCCCC1)CC(C)(C#N)NC1CC1. The van der Waals surface area contributed by atoms with E-state index in [4.69, 9.17) is 0 Å². The molecule has 1 unspecified atom stereocenters. The van der Waals surface area contributed by atoms with Crippen LogP contribution in [0.15, 0.2) is 0 Å². The number of nitriles is 1. The second kappa shape index (κ2) is 6.04. The normalized spacial score (nSPS) is 24.8. The van der Waals surface area contributed by atoms with Gasteiger partial charge < -0.3 is 4.90 Å². The van der Waals surface area contributed by atoms with Crippen molar-refractivity contribution in [3.63, 3.8) is 0 Å². The van der Waals surface area contributed by atoms with Crippen molar-refractivity contribution in [2.45, 2.75) is 63.5 Å². The number of hydrogen-bond donors (Lipinski definition) is 1. The molecule has 0 aromatic carbocycles. The molecule has 0 spiro atoms. The summed E-state index contributed by atoms with van der Waals surface area (Å²) in [6, 6.07) is 3.06. The van der Waals surface area contributed by atoms with E-state index in [1.807, 2.05) is 6.92 Å². The molecule has 2 saturated carbocycles. The Kier molecular flexibility index (Phi) is 4.64. The summed E-state index contributed by atoms with van der Waals surface area (Å²) in [5.74, 6) is 0.854. The zero-order valence-electron chi connectivity index (χ0n) is 11.9. The minimum Gasteiger partial charge on any atom is -0.303 e. The molecule has 0 heterocycles. The molecule has 2 aliphatic carbocycles. The summed E-state index contributed by atoms with van der Waals surface area (Å²) in [6.45, 7) is 4.04. The molecule has 2 fully saturated rings. The average Bonchev–Trinajstić information content (AvgIpc) is 3.13. The highest BCUT2D eigenvalue weighted by atomic mass is 15.2. The number of rotatable bonds is 6. The lowest BCUT2D eigenvalue weighted by atomic mass is 9.88. The van der Waals surface area contributed by atoms with Crippen molar-refractivity contribution in [3.8, 4) is 6.07 Å². The van der Waals surface area contributed by atoms with E-state index in [2.05, 4.69) is 23.3 Å². The molecule has 1 atom stereocenters. The highest BCUT2D eigenvalue weighted by molar-refractivity contribution is 5.08. The van der Waals surface area contributed by atoms with Crippen molar-refractivity contribution < 1.29 is 0 Å². The topological polar surface area (TPSA) is 39.1 Å². The molecule has 0 amide bonds. The van der Waals surface area contributed by atoms with Crippen LogP contribution in [0.25, 0.3) is 0 Å². The van der Waals surface area contributed by atoms with Gasteiger partial charge >= 0.3 is 0 Å². The Morgan fingerprint density at radius 3 is 2.44 bits per heavy atom. The Bertz CT molecular complexity index is 299. The minimum absolute atomic E-state index is 0.370. The van der Waals surface area contributed by atoms with Gasteiger partial charge in [0, 0.05) is 19.1 Å². The molecule has 3 nitrogen and oxygen atoms in total. The Morgan fingerprint density at radius 2 is 1.89 bits per heavy atom.